The molecule has 1 spiro atoms. The summed E-state index contributed by atoms with van der Waals surface area (Å²) in [6.45, 7) is 1.90. The number of halogens is 4. The fraction of sp³-hybridized carbons (Fsp3) is 0.609. The van der Waals surface area contributed by atoms with Crippen LogP contribution in [0.25, 0.3) is 0 Å². The maximum Gasteiger partial charge on any atom is 0.483 e. The van der Waals surface area contributed by atoms with Gasteiger partial charge in [0, 0.05) is 35.9 Å². The average Bonchev–Trinajstić information content (AvgIpc) is 3.48. The number of hydrogen-bond acceptors (Lipinski definition) is 6. The summed E-state index contributed by atoms with van der Waals surface area (Å²) >= 11 is 0. The minimum absolute atomic E-state index is 0.00854. The van der Waals surface area contributed by atoms with Crippen molar-refractivity contribution in [3.63, 3.8) is 0 Å². The van der Waals surface area contributed by atoms with E-state index in [9.17, 15) is 26.6 Å². The second kappa shape index (κ2) is 8.38. The van der Waals surface area contributed by atoms with Gasteiger partial charge < -0.3 is 14.5 Å². The molecule has 0 bridgehead atoms. The van der Waals surface area contributed by atoms with E-state index >= 15 is 0 Å². The van der Waals surface area contributed by atoms with E-state index < -0.39 is 26.0 Å². The van der Waals surface area contributed by atoms with Gasteiger partial charge in [-0.2, -0.15) is 18.3 Å². The Hall–Kier alpha value is -2.74. The molecule has 9 nitrogen and oxygen atoms in total. The fourth-order valence-electron chi connectivity index (χ4n) is 5.40. The van der Waals surface area contributed by atoms with Crippen molar-refractivity contribution in [1.82, 2.24) is 25.0 Å². The molecule has 2 saturated carbocycles. The Kier molecular flexibility index (Phi) is 5.57. The zero-order valence-electron chi connectivity index (χ0n) is 19.8. The van der Waals surface area contributed by atoms with E-state index in [0.29, 0.717) is 44.1 Å². The number of carbonyl (C=O) groups excluding carboxylic acids is 1. The standard InChI is InChI=1S/C23H26F4N6O3S/c24-18-5-17(37(28,35)23(25,26)27)4-3-14(18)10-36-16-8-32(9-16)21(34)33-11-22(12-33)6-15(7-22)20-29-19(30-31-20)13-1-2-13/h3-5,13,15-16,28H,1-2,6-12H2,(H,29,30,31). The summed E-state index contributed by atoms with van der Waals surface area (Å²) in [5, 5.41) is 7.43. The van der Waals surface area contributed by atoms with Crippen molar-refractivity contribution in [3.8, 4) is 0 Å². The highest BCUT2D eigenvalue weighted by atomic mass is 32.2. The first kappa shape index (κ1) is 24.6. The summed E-state index contributed by atoms with van der Waals surface area (Å²) in [4.78, 5) is 19.9. The highest BCUT2D eigenvalue weighted by Gasteiger charge is 2.56. The van der Waals surface area contributed by atoms with Crippen LogP contribution in [0.5, 0.6) is 0 Å². The van der Waals surface area contributed by atoms with Crippen LogP contribution in [-0.4, -0.2) is 73.0 Å². The lowest BCUT2D eigenvalue weighted by Crippen LogP contribution is -2.68. The Bertz CT molecular complexity index is 1320. The van der Waals surface area contributed by atoms with Gasteiger partial charge in [-0.15, -0.1) is 0 Å². The number of ether oxygens (including phenoxy) is 1. The van der Waals surface area contributed by atoms with Gasteiger partial charge in [0.2, 0.25) is 0 Å². The number of hydrogen-bond donors (Lipinski definition) is 2. The van der Waals surface area contributed by atoms with Crippen molar-refractivity contribution in [2.75, 3.05) is 26.2 Å². The van der Waals surface area contributed by atoms with Crippen LogP contribution < -0.4 is 0 Å². The van der Waals surface area contributed by atoms with Gasteiger partial charge >= 0.3 is 11.5 Å². The molecule has 2 aliphatic carbocycles. The van der Waals surface area contributed by atoms with Crippen molar-refractivity contribution >= 4 is 15.8 Å². The molecular formula is C23H26F4N6O3S. The summed E-state index contributed by atoms with van der Waals surface area (Å²) in [5.41, 5.74) is -5.14. The van der Waals surface area contributed by atoms with E-state index in [1.807, 2.05) is 4.90 Å². The maximum absolute atomic E-state index is 14.3. The van der Waals surface area contributed by atoms with E-state index in [2.05, 4.69) is 15.2 Å². The lowest BCUT2D eigenvalue weighted by molar-refractivity contribution is -0.0830. The van der Waals surface area contributed by atoms with E-state index in [1.165, 1.54) is 12.8 Å². The molecule has 6 rings (SSSR count). The molecule has 14 heteroatoms. The Labute approximate surface area is 210 Å². The summed E-state index contributed by atoms with van der Waals surface area (Å²) in [6.07, 6.45) is 4.00. The lowest BCUT2D eigenvalue weighted by atomic mass is 9.57. The molecule has 1 aromatic heterocycles. The number of carbonyl (C=O) groups is 1. The number of alkyl halides is 3. The van der Waals surface area contributed by atoms with Crippen molar-refractivity contribution in [3.05, 3.63) is 41.2 Å². The van der Waals surface area contributed by atoms with Crippen LogP contribution in [0.3, 0.4) is 0 Å². The van der Waals surface area contributed by atoms with Crippen molar-refractivity contribution in [1.29, 1.82) is 4.78 Å². The highest BCUT2D eigenvalue weighted by molar-refractivity contribution is 7.93. The lowest BCUT2D eigenvalue weighted by Gasteiger charge is -2.59. The first-order valence-electron chi connectivity index (χ1n) is 12.2. The molecule has 2 amide bonds. The summed E-state index contributed by atoms with van der Waals surface area (Å²) in [5.74, 6) is 1.75. The van der Waals surface area contributed by atoms with Crippen LogP contribution in [0.1, 0.15) is 54.7 Å². The van der Waals surface area contributed by atoms with Crippen LogP contribution in [-0.2, 0) is 21.1 Å². The molecule has 2 N–H and O–H groups in total. The van der Waals surface area contributed by atoms with Gasteiger partial charge in [0.15, 0.2) is 15.6 Å². The average molecular weight is 543 g/mol. The van der Waals surface area contributed by atoms with Gasteiger partial charge in [-0.05, 0) is 37.8 Å². The van der Waals surface area contributed by atoms with Gasteiger partial charge in [0.05, 0.1) is 30.7 Å². The minimum atomic E-state index is -5.29. The van der Waals surface area contributed by atoms with Crippen molar-refractivity contribution < 1.29 is 31.3 Å². The molecule has 200 valence electrons. The summed E-state index contributed by atoms with van der Waals surface area (Å²) in [6, 6.07) is 2.29. The van der Waals surface area contributed by atoms with E-state index in [1.54, 1.807) is 4.90 Å². The van der Waals surface area contributed by atoms with Crippen LogP contribution >= 0.6 is 0 Å². The van der Waals surface area contributed by atoms with Crippen LogP contribution in [0.2, 0.25) is 0 Å². The first-order chi connectivity index (χ1) is 17.4. The van der Waals surface area contributed by atoms with Gasteiger partial charge in [0.25, 0.3) is 0 Å². The largest absolute Gasteiger partial charge is 0.483 e. The normalized spacial score (nSPS) is 23.4. The molecule has 2 aromatic rings. The highest BCUT2D eigenvalue weighted by Crippen LogP contribution is 2.56. The van der Waals surface area contributed by atoms with Gasteiger partial charge in [0.1, 0.15) is 11.6 Å². The zero-order valence-corrected chi connectivity index (χ0v) is 20.6. The number of aromatic nitrogens is 3. The van der Waals surface area contributed by atoms with E-state index in [0.717, 1.165) is 36.6 Å². The smallest absolute Gasteiger partial charge is 0.370 e. The second-order valence-electron chi connectivity index (χ2n) is 10.7. The monoisotopic (exact) mass is 542 g/mol. The molecule has 2 aliphatic heterocycles. The van der Waals surface area contributed by atoms with E-state index in [4.69, 9.17) is 9.52 Å². The van der Waals surface area contributed by atoms with Crippen molar-refractivity contribution in [2.24, 2.45) is 5.41 Å². The summed E-state index contributed by atoms with van der Waals surface area (Å²) in [7, 11) is -5.12. The Balaban J connectivity index is 0.932. The number of amides is 2. The number of aromatic amines is 1. The number of nitrogens with one attached hydrogen (secondary N) is 2. The molecule has 0 radical (unpaired) electrons. The molecule has 1 unspecified atom stereocenters. The van der Waals surface area contributed by atoms with Gasteiger partial charge in [-0.1, -0.05) is 6.07 Å². The molecule has 1 aromatic carbocycles. The van der Waals surface area contributed by atoms with Crippen molar-refractivity contribution in [2.45, 2.75) is 60.6 Å². The van der Waals surface area contributed by atoms with Crippen LogP contribution in [0, 0.1) is 16.0 Å². The third-order valence-electron chi connectivity index (χ3n) is 7.81. The predicted octanol–water partition coefficient (Wildman–Crippen LogP) is 3.95. The minimum Gasteiger partial charge on any atom is -0.370 e. The number of H-pyrrole nitrogens is 1. The topological polar surface area (TPSA) is 115 Å². The third-order valence-corrected chi connectivity index (χ3v) is 9.38. The molecule has 3 heterocycles. The van der Waals surface area contributed by atoms with Gasteiger partial charge in [-0.25, -0.2) is 23.2 Å². The molecule has 4 aliphatic rings. The predicted molar refractivity (Wildman–Crippen MR) is 121 cm³/mol. The van der Waals surface area contributed by atoms with E-state index in [-0.39, 0.29) is 29.7 Å². The number of likely N-dealkylation sites (tertiary alicyclic amines) is 2. The number of nitrogens with zero attached hydrogens (tertiary/aromatic N) is 4. The maximum atomic E-state index is 14.3. The number of rotatable bonds is 6. The van der Waals surface area contributed by atoms with Gasteiger partial charge in [-0.3, -0.25) is 5.10 Å². The first-order valence-corrected chi connectivity index (χ1v) is 13.7. The Morgan fingerprint density at radius 2 is 1.89 bits per heavy atom. The quantitative estimate of drug-likeness (QED) is 0.537. The molecule has 1 atom stereocenters. The fourth-order valence-corrected chi connectivity index (χ4v) is 6.20. The molecule has 4 fully saturated rings. The number of benzene rings is 1. The zero-order chi connectivity index (χ0) is 26.2. The number of urea groups is 1. The molecule has 2 saturated heterocycles. The molecular weight excluding hydrogens is 516 g/mol. The SMILES string of the molecule is N=S(=O)(c1ccc(COC2CN(C(=O)N3CC4(CC(c5n[nH]c(C6CC6)n5)C4)C3)C2)c(F)c1)C(F)(F)F. The second-order valence-corrected chi connectivity index (χ2v) is 12.7. The Morgan fingerprint density at radius 3 is 2.51 bits per heavy atom. The summed E-state index contributed by atoms with van der Waals surface area (Å²) < 4.78 is 76.9. The molecule has 37 heavy (non-hydrogen) atoms. The Morgan fingerprint density at radius 1 is 1.19 bits per heavy atom. The van der Waals surface area contributed by atoms with Crippen LogP contribution in [0.4, 0.5) is 22.4 Å². The van der Waals surface area contributed by atoms with Crippen LogP contribution in [0.15, 0.2) is 23.1 Å². The third kappa shape index (κ3) is 4.37.